The summed E-state index contributed by atoms with van der Waals surface area (Å²) in [6.07, 6.45) is 8.00. The van der Waals surface area contributed by atoms with Gasteiger partial charge in [-0.1, -0.05) is 0 Å². The average molecular weight is 210 g/mol. The highest BCUT2D eigenvalue weighted by Crippen LogP contribution is 2.19. The van der Waals surface area contributed by atoms with Crippen molar-refractivity contribution in [2.24, 2.45) is 0 Å². The van der Waals surface area contributed by atoms with Gasteiger partial charge in [0.25, 0.3) is 0 Å². The minimum atomic E-state index is -0.545. The molecule has 15 heavy (non-hydrogen) atoms. The van der Waals surface area contributed by atoms with Crippen LogP contribution in [0.25, 0.3) is 0 Å². The lowest BCUT2D eigenvalue weighted by Gasteiger charge is -2.05. The summed E-state index contributed by atoms with van der Waals surface area (Å²) in [6, 6.07) is 3.63. The number of methoxy groups -OCH3 is 2. The minimum Gasteiger partial charge on any atom is -0.496 e. The predicted molar refractivity (Wildman–Crippen MR) is 54.2 cm³/mol. The molecule has 0 amide bonds. The molecular weight excluding hydrogens is 199 g/mol. The van der Waals surface area contributed by atoms with Gasteiger partial charge in [-0.2, -0.15) is 0 Å². The molecule has 0 radical (unpaired) electrons. The summed E-state index contributed by atoms with van der Waals surface area (Å²) in [7, 11) is 2.62. The van der Waals surface area contributed by atoms with Crippen molar-refractivity contribution in [3.05, 3.63) is 29.6 Å². The third-order valence-corrected chi connectivity index (χ3v) is 1.57. The van der Waals surface area contributed by atoms with Crippen LogP contribution in [0.15, 0.2) is 18.2 Å². The molecule has 0 N–H and O–H groups in total. The van der Waals surface area contributed by atoms with Gasteiger partial charge in [0.05, 0.1) is 14.2 Å². The summed E-state index contributed by atoms with van der Waals surface area (Å²) in [5, 5.41) is 0. The average Bonchev–Trinajstić information content (AvgIpc) is 2.30. The monoisotopic (exact) mass is 210 g/mol. The SMILES string of the molecule is C#C.COC(=O)c1ccc(F)cc1OC. The van der Waals surface area contributed by atoms with Gasteiger partial charge in [-0.25, -0.2) is 9.18 Å². The highest BCUT2D eigenvalue weighted by atomic mass is 19.1. The van der Waals surface area contributed by atoms with Gasteiger partial charge in [-0.05, 0) is 12.1 Å². The van der Waals surface area contributed by atoms with Crippen molar-refractivity contribution in [2.75, 3.05) is 14.2 Å². The second kappa shape index (κ2) is 6.44. The molecule has 4 heteroatoms. The van der Waals surface area contributed by atoms with Crippen molar-refractivity contribution in [1.82, 2.24) is 0 Å². The summed E-state index contributed by atoms with van der Waals surface area (Å²) >= 11 is 0. The zero-order valence-electron chi connectivity index (χ0n) is 8.49. The summed E-state index contributed by atoms with van der Waals surface area (Å²) in [5.41, 5.74) is 0.214. The third kappa shape index (κ3) is 3.31. The summed E-state index contributed by atoms with van der Waals surface area (Å²) in [6.45, 7) is 0. The van der Waals surface area contributed by atoms with Crippen LogP contribution in [-0.2, 0) is 4.74 Å². The van der Waals surface area contributed by atoms with Crippen LogP contribution in [0, 0.1) is 18.7 Å². The van der Waals surface area contributed by atoms with E-state index in [1.54, 1.807) is 0 Å². The Hall–Kier alpha value is -2.02. The van der Waals surface area contributed by atoms with Crippen molar-refractivity contribution in [3.8, 4) is 18.6 Å². The normalized spacial score (nSPS) is 8.33. The molecule has 0 heterocycles. The largest absolute Gasteiger partial charge is 0.496 e. The Morgan fingerprint density at radius 3 is 2.40 bits per heavy atom. The highest BCUT2D eigenvalue weighted by molar-refractivity contribution is 5.92. The minimum absolute atomic E-state index is 0.173. The predicted octanol–water partition coefficient (Wildman–Crippen LogP) is 1.87. The standard InChI is InChI=1S/C9H9FO3.C2H2/c1-12-8-5-6(10)3-4-7(8)9(11)13-2;1-2/h3-5H,1-2H3;1-2H. The molecule has 0 unspecified atom stereocenters. The number of esters is 1. The van der Waals surface area contributed by atoms with Crippen molar-refractivity contribution in [2.45, 2.75) is 0 Å². The Kier molecular flexibility index (Phi) is 5.57. The molecule has 1 rings (SSSR count). The number of benzene rings is 1. The second-order valence-electron chi connectivity index (χ2n) is 2.34. The molecular formula is C11H11FO3. The van der Waals surface area contributed by atoms with E-state index in [1.807, 2.05) is 0 Å². The van der Waals surface area contributed by atoms with Gasteiger partial charge < -0.3 is 9.47 Å². The smallest absolute Gasteiger partial charge is 0.341 e. The fourth-order valence-electron chi connectivity index (χ4n) is 0.944. The van der Waals surface area contributed by atoms with Crippen LogP contribution in [0.3, 0.4) is 0 Å². The first kappa shape index (κ1) is 13.0. The molecule has 3 nitrogen and oxygen atoms in total. The zero-order valence-corrected chi connectivity index (χ0v) is 8.49. The molecule has 0 bridgehead atoms. The first-order valence-electron chi connectivity index (χ1n) is 3.94. The number of hydrogen-bond acceptors (Lipinski definition) is 3. The van der Waals surface area contributed by atoms with E-state index in [-0.39, 0.29) is 11.3 Å². The lowest BCUT2D eigenvalue weighted by Crippen LogP contribution is -2.04. The van der Waals surface area contributed by atoms with Gasteiger partial charge in [0.1, 0.15) is 17.1 Å². The van der Waals surface area contributed by atoms with Gasteiger partial charge in [-0.3, -0.25) is 0 Å². The van der Waals surface area contributed by atoms with E-state index in [0.717, 1.165) is 6.07 Å². The van der Waals surface area contributed by atoms with E-state index in [9.17, 15) is 9.18 Å². The Morgan fingerprint density at radius 2 is 1.93 bits per heavy atom. The molecule has 0 spiro atoms. The Morgan fingerprint density at radius 1 is 1.33 bits per heavy atom. The summed E-state index contributed by atoms with van der Waals surface area (Å²) < 4.78 is 22.0. The van der Waals surface area contributed by atoms with Crippen LogP contribution in [0.1, 0.15) is 10.4 Å². The zero-order chi connectivity index (χ0) is 11.8. The quantitative estimate of drug-likeness (QED) is 0.552. The number of hydrogen-bond donors (Lipinski definition) is 0. The van der Waals surface area contributed by atoms with Gasteiger partial charge in [-0.15, -0.1) is 12.8 Å². The molecule has 0 aliphatic heterocycles. The molecule has 0 saturated carbocycles. The van der Waals surface area contributed by atoms with Crippen molar-refractivity contribution >= 4 is 5.97 Å². The van der Waals surface area contributed by atoms with Crippen LogP contribution in [0.4, 0.5) is 4.39 Å². The van der Waals surface area contributed by atoms with Crippen molar-refractivity contribution in [1.29, 1.82) is 0 Å². The molecule has 0 atom stereocenters. The maximum Gasteiger partial charge on any atom is 0.341 e. The molecule has 0 aromatic heterocycles. The molecule has 1 aromatic rings. The van der Waals surface area contributed by atoms with E-state index in [0.29, 0.717) is 0 Å². The number of terminal acetylenes is 1. The van der Waals surface area contributed by atoms with E-state index >= 15 is 0 Å². The Labute approximate surface area is 87.8 Å². The van der Waals surface area contributed by atoms with E-state index in [2.05, 4.69) is 17.6 Å². The number of carbonyl (C=O) groups excluding carboxylic acids is 1. The number of carbonyl (C=O) groups is 1. The Balaban J connectivity index is 0.000000921. The second-order valence-corrected chi connectivity index (χ2v) is 2.34. The lowest BCUT2D eigenvalue weighted by molar-refractivity contribution is 0.0597. The first-order chi connectivity index (χ1) is 7.19. The van der Waals surface area contributed by atoms with Crippen LogP contribution in [-0.4, -0.2) is 20.2 Å². The van der Waals surface area contributed by atoms with Gasteiger partial charge in [0.2, 0.25) is 0 Å². The first-order valence-corrected chi connectivity index (χ1v) is 3.94. The number of ether oxygens (including phenoxy) is 2. The van der Waals surface area contributed by atoms with Crippen molar-refractivity contribution in [3.63, 3.8) is 0 Å². The maximum absolute atomic E-state index is 12.7. The van der Waals surface area contributed by atoms with Crippen LogP contribution in [0.2, 0.25) is 0 Å². The molecule has 1 aromatic carbocycles. The van der Waals surface area contributed by atoms with Gasteiger partial charge >= 0.3 is 5.97 Å². The van der Waals surface area contributed by atoms with Crippen molar-refractivity contribution < 1.29 is 18.7 Å². The Bertz CT molecular complexity index is 358. The molecule has 0 aliphatic rings. The molecule has 0 saturated heterocycles. The number of halogens is 1. The fourth-order valence-corrected chi connectivity index (χ4v) is 0.944. The van der Waals surface area contributed by atoms with E-state index in [4.69, 9.17) is 4.74 Å². The lowest BCUT2D eigenvalue weighted by atomic mass is 10.2. The summed E-state index contributed by atoms with van der Waals surface area (Å²) in [4.78, 5) is 11.1. The van der Waals surface area contributed by atoms with Crippen LogP contribution >= 0.6 is 0 Å². The molecule has 0 aliphatic carbocycles. The van der Waals surface area contributed by atoms with Crippen LogP contribution < -0.4 is 4.74 Å². The van der Waals surface area contributed by atoms with E-state index in [1.165, 1.54) is 26.4 Å². The summed E-state index contributed by atoms with van der Waals surface area (Å²) in [5.74, 6) is -0.826. The number of rotatable bonds is 2. The maximum atomic E-state index is 12.7. The van der Waals surface area contributed by atoms with Gasteiger partial charge in [0.15, 0.2) is 0 Å². The van der Waals surface area contributed by atoms with E-state index < -0.39 is 11.8 Å². The fraction of sp³-hybridized carbons (Fsp3) is 0.182. The van der Waals surface area contributed by atoms with Crippen LogP contribution in [0.5, 0.6) is 5.75 Å². The topological polar surface area (TPSA) is 35.5 Å². The van der Waals surface area contributed by atoms with Gasteiger partial charge in [0, 0.05) is 6.07 Å². The molecule has 80 valence electrons. The highest BCUT2D eigenvalue weighted by Gasteiger charge is 2.12. The third-order valence-electron chi connectivity index (χ3n) is 1.57. The molecule has 0 fully saturated rings.